The summed E-state index contributed by atoms with van der Waals surface area (Å²) in [5.74, 6) is 0.331. The third-order valence-electron chi connectivity index (χ3n) is 2.57. The molecule has 106 valence electrons. The second-order valence-corrected chi connectivity index (χ2v) is 4.83. The number of phenolic OH excluding ortho intramolecular Hbond substituents is 1. The molecule has 1 atom stereocenters. The molecule has 0 aliphatic rings. The van der Waals surface area contributed by atoms with E-state index in [-0.39, 0.29) is 36.7 Å². The van der Waals surface area contributed by atoms with Gasteiger partial charge in [-0.3, -0.25) is 4.79 Å². The molecule has 0 saturated carbocycles. The molecule has 0 radical (unpaired) electrons. The van der Waals surface area contributed by atoms with Crippen molar-refractivity contribution in [2.45, 2.75) is 26.3 Å². The van der Waals surface area contributed by atoms with E-state index in [1.807, 2.05) is 13.8 Å². The number of ether oxygens (including phenoxy) is 1. The van der Waals surface area contributed by atoms with Gasteiger partial charge in [0.25, 0.3) is 5.91 Å². The van der Waals surface area contributed by atoms with E-state index in [0.717, 1.165) is 0 Å². The molecule has 1 aromatic rings. The monoisotopic (exact) mass is 267 g/mol. The quantitative estimate of drug-likeness (QED) is 0.695. The van der Waals surface area contributed by atoms with Gasteiger partial charge in [-0.15, -0.1) is 0 Å². The van der Waals surface area contributed by atoms with Crippen LogP contribution in [0.1, 0.15) is 20.3 Å². The Morgan fingerprint density at radius 3 is 2.63 bits per heavy atom. The molecule has 0 aliphatic heterocycles. The molecule has 0 aromatic heterocycles. The fourth-order valence-electron chi connectivity index (χ4n) is 1.74. The normalized spacial score (nSPS) is 12.2. The predicted octanol–water partition coefficient (Wildman–Crippen LogP) is 1.29. The topological polar surface area (TPSA) is 78.8 Å². The zero-order valence-corrected chi connectivity index (χ0v) is 11.3. The van der Waals surface area contributed by atoms with Crippen LogP contribution in [-0.2, 0) is 4.79 Å². The molecule has 0 spiro atoms. The first-order valence-corrected chi connectivity index (χ1v) is 6.34. The Hall–Kier alpha value is -1.75. The van der Waals surface area contributed by atoms with Crippen molar-refractivity contribution in [2.75, 3.05) is 13.2 Å². The maximum Gasteiger partial charge on any atom is 0.258 e. The molecule has 0 bridgehead atoms. The van der Waals surface area contributed by atoms with Crippen LogP contribution in [0.3, 0.4) is 0 Å². The van der Waals surface area contributed by atoms with Gasteiger partial charge in [-0.1, -0.05) is 26.0 Å². The van der Waals surface area contributed by atoms with Gasteiger partial charge < -0.3 is 20.3 Å². The summed E-state index contributed by atoms with van der Waals surface area (Å²) in [6.07, 6.45) is 0.707. The second-order valence-electron chi connectivity index (χ2n) is 4.83. The number of amides is 1. The maximum absolute atomic E-state index is 11.6. The highest BCUT2D eigenvalue weighted by atomic mass is 16.5. The smallest absolute Gasteiger partial charge is 0.258 e. The van der Waals surface area contributed by atoms with E-state index in [1.165, 1.54) is 6.07 Å². The molecule has 1 rings (SSSR count). The maximum atomic E-state index is 11.6. The number of benzene rings is 1. The summed E-state index contributed by atoms with van der Waals surface area (Å²) in [6, 6.07) is 6.19. The summed E-state index contributed by atoms with van der Waals surface area (Å²) < 4.78 is 5.21. The van der Waals surface area contributed by atoms with E-state index in [1.54, 1.807) is 18.2 Å². The Labute approximate surface area is 113 Å². The van der Waals surface area contributed by atoms with Crippen LogP contribution in [0.4, 0.5) is 0 Å². The van der Waals surface area contributed by atoms with Crippen LogP contribution < -0.4 is 10.1 Å². The molecular formula is C14H21NO4. The third-order valence-corrected chi connectivity index (χ3v) is 2.57. The van der Waals surface area contributed by atoms with Gasteiger partial charge in [0.15, 0.2) is 18.1 Å². The number of aliphatic hydroxyl groups is 1. The lowest BCUT2D eigenvalue weighted by Crippen LogP contribution is -2.40. The van der Waals surface area contributed by atoms with E-state index in [2.05, 4.69) is 5.32 Å². The van der Waals surface area contributed by atoms with Gasteiger partial charge in [0, 0.05) is 0 Å². The summed E-state index contributed by atoms with van der Waals surface area (Å²) in [5, 5.41) is 21.3. The Kier molecular flexibility index (Phi) is 6.15. The van der Waals surface area contributed by atoms with Crippen LogP contribution in [-0.4, -0.2) is 35.4 Å². The van der Waals surface area contributed by atoms with Crippen LogP contribution in [0.25, 0.3) is 0 Å². The van der Waals surface area contributed by atoms with Crippen LogP contribution >= 0.6 is 0 Å². The lowest BCUT2D eigenvalue weighted by atomic mass is 10.0. The van der Waals surface area contributed by atoms with Crippen molar-refractivity contribution in [3.63, 3.8) is 0 Å². The third kappa shape index (κ3) is 5.61. The van der Waals surface area contributed by atoms with Crippen molar-refractivity contribution in [2.24, 2.45) is 5.92 Å². The summed E-state index contributed by atoms with van der Waals surface area (Å²) >= 11 is 0. The number of carbonyl (C=O) groups is 1. The number of para-hydroxylation sites is 2. The highest BCUT2D eigenvalue weighted by molar-refractivity contribution is 5.77. The first-order valence-electron chi connectivity index (χ1n) is 6.34. The zero-order valence-electron chi connectivity index (χ0n) is 11.3. The predicted molar refractivity (Wildman–Crippen MR) is 72.1 cm³/mol. The summed E-state index contributed by atoms with van der Waals surface area (Å²) in [4.78, 5) is 11.6. The zero-order chi connectivity index (χ0) is 14.3. The van der Waals surface area contributed by atoms with E-state index < -0.39 is 0 Å². The molecule has 1 unspecified atom stereocenters. The van der Waals surface area contributed by atoms with E-state index in [9.17, 15) is 9.90 Å². The van der Waals surface area contributed by atoms with Gasteiger partial charge in [-0.25, -0.2) is 0 Å². The molecule has 19 heavy (non-hydrogen) atoms. The molecular weight excluding hydrogens is 246 g/mol. The Morgan fingerprint density at radius 2 is 2.05 bits per heavy atom. The highest BCUT2D eigenvalue weighted by Gasteiger charge is 2.13. The highest BCUT2D eigenvalue weighted by Crippen LogP contribution is 2.23. The van der Waals surface area contributed by atoms with Gasteiger partial charge in [0.05, 0.1) is 12.6 Å². The van der Waals surface area contributed by atoms with Crippen molar-refractivity contribution >= 4 is 5.91 Å². The average molecular weight is 267 g/mol. The summed E-state index contributed by atoms with van der Waals surface area (Å²) in [6.45, 7) is 3.76. The standard InChI is InChI=1S/C14H21NO4/c1-10(2)7-11(8-16)15-14(18)9-19-13-6-4-3-5-12(13)17/h3-6,10-11,16-17H,7-9H2,1-2H3,(H,15,18). The first-order chi connectivity index (χ1) is 9.02. The first kappa shape index (κ1) is 15.3. The average Bonchev–Trinajstić information content (AvgIpc) is 2.36. The molecule has 0 heterocycles. The molecule has 0 fully saturated rings. The van der Waals surface area contributed by atoms with Crippen molar-refractivity contribution in [1.82, 2.24) is 5.32 Å². The number of hydrogen-bond acceptors (Lipinski definition) is 4. The van der Waals surface area contributed by atoms with Gasteiger partial charge in [-0.2, -0.15) is 0 Å². The van der Waals surface area contributed by atoms with E-state index in [4.69, 9.17) is 9.84 Å². The number of hydrogen-bond donors (Lipinski definition) is 3. The molecule has 5 heteroatoms. The van der Waals surface area contributed by atoms with Gasteiger partial charge in [0.2, 0.25) is 0 Å². The minimum atomic E-state index is -0.317. The van der Waals surface area contributed by atoms with Gasteiger partial charge in [-0.05, 0) is 24.5 Å². The largest absolute Gasteiger partial charge is 0.504 e. The molecule has 3 N–H and O–H groups in total. The lowest BCUT2D eigenvalue weighted by Gasteiger charge is -2.18. The Balaban J connectivity index is 2.41. The Morgan fingerprint density at radius 1 is 1.37 bits per heavy atom. The molecule has 1 amide bonds. The number of carbonyl (C=O) groups excluding carboxylic acids is 1. The summed E-state index contributed by atoms with van der Waals surface area (Å²) in [5.41, 5.74) is 0. The number of phenols is 1. The number of aromatic hydroxyl groups is 1. The van der Waals surface area contributed by atoms with Crippen molar-refractivity contribution < 1.29 is 19.7 Å². The van der Waals surface area contributed by atoms with Crippen LogP contribution in [0.2, 0.25) is 0 Å². The fourth-order valence-corrected chi connectivity index (χ4v) is 1.74. The molecule has 0 aliphatic carbocycles. The SMILES string of the molecule is CC(C)CC(CO)NC(=O)COc1ccccc1O. The molecule has 0 saturated heterocycles. The van der Waals surface area contributed by atoms with Crippen molar-refractivity contribution in [3.8, 4) is 11.5 Å². The van der Waals surface area contributed by atoms with Crippen LogP contribution in [0, 0.1) is 5.92 Å². The minimum Gasteiger partial charge on any atom is -0.504 e. The summed E-state index contributed by atoms with van der Waals surface area (Å²) in [7, 11) is 0. The number of aliphatic hydroxyl groups excluding tert-OH is 1. The van der Waals surface area contributed by atoms with Crippen molar-refractivity contribution in [3.05, 3.63) is 24.3 Å². The lowest BCUT2D eigenvalue weighted by molar-refractivity contribution is -0.124. The molecule has 1 aromatic carbocycles. The fraction of sp³-hybridized carbons (Fsp3) is 0.500. The van der Waals surface area contributed by atoms with E-state index >= 15 is 0 Å². The minimum absolute atomic E-state index is 0.00353. The molecule has 5 nitrogen and oxygen atoms in total. The van der Waals surface area contributed by atoms with Crippen LogP contribution in [0.15, 0.2) is 24.3 Å². The van der Waals surface area contributed by atoms with Crippen LogP contribution in [0.5, 0.6) is 11.5 Å². The van der Waals surface area contributed by atoms with Crippen molar-refractivity contribution in [1.29, 1.82) is 0 Å². The van der Waals surface area contributed by atoms with Gasteiger partial charge in [0.1, 0.15) is 0 Å². The number of rotatable bonds is 7. The second kappa shape index (κ2) is 7.63. The number of nitrogens with one attached hydrogen (secondary N) is 1. The van der Waals surface area contributed by atoms with Gasteiger partial charge >= 0.3 is 0 Å². The Bertz CT molecular complexity index is 406. The van der Waals surface area contributed by atoms with E-state index in [0.29, 0.717) is 12.3 Å².